The number of hydrogen-bond acceptors (Lipinski definition) is 4. The Morgan fingerprint density at radius 3 is 2.43 bits per heavy atom. The number of esters is 1. The number of benzene rings is 1. The van der Waals surface area contributed by atoms with Crippen molar-refractivity contribution in [2.45, 2.75) is 33.6 Å². The van der Waals surface area contributed by atoms with Crippen LogP contribution in [0.2, 0.25) is 0 Å². The van der Waals surface area contributed by atoms with Gasteiger partial charge in [0.1, 0.15) is 0 Å². The van der Waals surface area contributed by atoms with E-state index < -0.39 is 17.8 Å². The fourth-order valence-corrected chi connectivity index (χ4v) is 1.77. The zero-order valence-corrected chi connectivity index (χ0v) is 12.5. The number of carbonyl (C=O) groups excluding carboxylic acids is 3. The molecule has 1 aromatic carbocycles. The molecule has 21 heavy (non-hydrogen) atoms. The Labute approximate surface area is 123 Å². The monoisotopic (exact) mass is 292 g/mol. The third-order valence-electron chi connectivity index (χ3n) is 2.80. The summed E-state index contributed by atoms with van der Waals surface area (Å²) >= 11 is 0. The molecule has 0 spiro atoms. The maximum absolute atomic E-state index is 11.9. The highest BCUT2D eigenvalue weighted by atomic mass is 16.5. The molecule has 0 unspecified atom stereocenters. The fourth-order valence-electron chi connectivity index (χ4n) is 1.77. The number of amides is 2. The number of hydrazine groups is 1. The van der Waals surface area contributed by atoms with Crippen LogP contribution in [0.3, 0.4) is 0 Å². The van der Waals surface area contributed by atoms with Gasteiger partial charge in [-0.05, 0) is 32.4 Å². The first kappa shape index (κ1) is 16.7. The lowest BCUT2D eigenvalue weighted by Crippen LogP contribution is -2.42. The summed E-state index contributed by atoms with van der Waals surface area (Å²) in [6, 6.07) is 5.41. The largest absolute Gasteiger partial charge is 0.466 e. The van der Waals surface area contributed by atoms with Crippen LogP contribution in [-0.2, 0) is 14.3 Å². The van der Waals surface area contributed by atoms with Gasteiger partial charge in [-0.1, -0.05) is 17.7 Å². The highest BCUT2D eigenvalue weighted by Gasteiger charge is 2.11. The topological polar surface area (TPSA) is 84.5 Å². The molecular formula is C15H20N2O4. The van der Waals surface area contributed by atoms with Crippen LogP contribution >= 0.6 is 0 Å². The van der Waals surface area contributed by atoms with Gasteiger partial charge < -0.3 is 4.74 Å². The van der Waals surface area contributed by atoms with Crippen LogP contribution < -0.4 is 10.9 Å². The van der Waals surface area contributed by atoms with Crippen molar-refractivity contribution in [1.82, 2.24) is 10.9 Å². The molecule has 2 N–H and O–H groups in total. The van der Waals surface area contributed by atoms with E-state index in [0.717, 1.165) is 11.1 Å². The first-order chi connectivity index (χ1) is 9.93. The number of hydrogen-bond donors (Lipinski definition) is 2. The second-order valence-electron chi connectivity index (χ2n) is 4.63. The normalized spacial score (nSPS) is 9.86. The van der Waals surface area contributed by atoms with E-state index in [2.05, 4.69) is 10.9 Å². The van der Waals surface area contributed by atoms with Crippen LogP contribution in [0.15, 0.2) is 18.2 Å². The van der Waals surface area contributed by atoms with Gasteiger partial charge in [0.05, 0.1) is 13.0 Å². The van der Waals surface area contributed by atoms with Gasteiger partial charge in [-0.2, -0.15) is 0 Å². The second kappa shape index (κ2) is 8.04. The van der Waals surface area contributed by atoms with Crippen LogP contribution in [0.4, 0.5) is 0 Å². The molecule has 0 aliphatic rings. The maximum Gasteiger partial charge on any atom is 0.306 e. The van der Waals surface area contributed by atoms with Crippen LogP contribution in [0, 0.1) is 13.8 Å². The summed E-state index contributed by atoms with van der Waals surface area (Å²) < 4.78 is 4.71. The van der Waals surface area contributed by atoms with Gasteiger partial charge in [-0.15, -0.1) is 0 Å². The molecule has 6 nitrogen and oxygen atoms in total. The van der Waals surface area contributed by atoms with E-state index in [1.54, 1.807) is 13.0 Å². The average Bonchev–Trinajstić information content (AvgIpc) is 2.43. The molecule has 0 heterocycles. The Morgan fingerprint density at radius 2 is 1.81 bits per heavy atom. The van der Waals surface area contributed by atoms with Gasteiger partial charge in [-0.3, -0.25) is 25.2 Å². The summed E-state index contributed by atoms with van der Waals surface area (Å²) in [5.41, 5.74) is 6.98. The number of rotatable bonds is 5. The first-order valence-corrected chi connectivity index (χ1v) is 6.76. The summed E-state index contributed by atoms with van der Waals surface area (Å²) in [7, 11) is 0. The van der Waals surface area contributed by atoms with Crippen LogP contribution in [-0.4, -0.2) is 24.4 Å². The highest BCUT2D eigenvalue weighted by molar-refractivity contribution is 5.96. The Hall–Kier alpha value is -2.37. The predicted octanol–water partition coefficient (Wildman–Crippen LogP) is 1.41. The summed E-state index contributed by atoms with van der Waals surface area (Å²) in [5, 5.41) is 0. The standard InChI is InChI=1S/C15H20N2O4/c1-4-21-14(19)8-7-13(18)16-17-15(20)12-6-5-10(2)9-11(12)3/h5-6,9H,4,7-8H2,1-3H3,(H,16,18)(H,17,20). The van der Waals surface area contributed by atoms with Gasteiger partial charge in [0.2, 0.25) is 5.91 Å². The minimum atomic E-state index is -0.443. The molecule has 114 valence electrons. The van der Waals surface area contributed by atoms with Gasteiger partial charge in [0, 0.05) is 12.0 Å². The molecule has 0 aromatic heterocycles. The van der Waals surface area contributed by atoms with Gasteiger partial charge in [-0.25, -0.2) is 0 Å². The SMILES string of the molecule is CCOC(=O)CCC(=O)NNC(=O)c1ccc(C)cc1C. The molecule has 6 heteroatoms. The summed E-state index contributed by atoms with van der Waals surface area (Å²) in [5.74, 6) is -1.27. The Balaban J connectivity index is 2.42. The van der Waals surface area contributed by atoms with Crippen molar-refractivity contribution in [3.05, 3.63) is 34.9 Å². The number of carbonyl (C=O) groups is 3. The van der Waals surface area contributed by atoms with E-state index >= 15 is 0 Å². The smallest absolute Gasteiger partial charge is 0.306 e. The van der Waals surface area contributed by atoms with E-state index in [1.165, 1.54) is 0 Å². The fraction of sp³-hybridized carbons (Fsp3) is 0.400. The number of aryl methyl sites for hydroxylation is 2. The minimum Gasteiger partial charge on any atom is -0.466 e. The Bertz CT molecular complexity index is 540. The third kappa shape index (κ3) is 5.64. The first-order valence-electron chi connectivity index (χ1n) is 6.76. The van der Waals surface area contributed by atoms with Crippen LogP contribution in [0.25, 0.3) is 0 Å². The lowest BCUT2D eigenvalue weighted by molar-refractivity contribution is -0.144. The summed E-state index contributed by atoms with van der Waals surface area (Å²) in [6.07, 6.45) is -0.0505. The molecule has 0 bridgehead atoms. The summed E-state index contributed by atoms with van der Waals surface area (Å²) in [4.78, 5) is 34.5. The van der Waals surface area contributed by atoms with Crippen LogP contribution in [0.5, 0.6) is 0 Å². The van der Waals surface area contributed by atoms with E-state index in [-0.39, 0.29) is 19.4 Å². The van der Waals surface area contributed by atoms with Crippen molar-refractivity contribution in [3.63, 3.8) is 0 Å². The van der Waals surface area contributed by atoms with E-state index in [1.807, 2.05) is 26.0 Å². The van der Waals surface area contributed by atoms with Crippen LogP contribution in [0.1, 0.15) is 41.3 Å². The molecule has 0 aliphatic carbocycles. The van der Waals surface area contributed by atoms with E-state index in [0.29, 0.717) is 5.56 Å². The van der Waals surface area contributed by atoms with E-state index in [9.17, 15) is 14.4 Å². The van der Waals surface area contributed by atoms with Crippen molar-refractivity contribution in [1.29, 1.82) is 0 Å². The van der Waals surface area contributed by atoms with Gasteiger partial charge in [0.15, 0.2) is 0 Å². The van der Waals surface area contributed by atoms with Gasteiger partial charge in [0.25, 0.3) is 5.91 Å². The quantitative estimate of drug-likeness (QED) is 0.635. The third-order valence-corrected chi connectivity index (χ3v) is 2.80. The lowest BCUT2D eigenvalue weighted by atomic mass is 10.1. The average molecular weight is 292 g/mol. The predicted molar refractivity (Wildman–Crippen MR) is 77.4 cm³/mol. The van der Waals surface area contributed by atoms with E-state index in [4.69, 9.17) is 4.74 Å². The van der Waals surface area contributed by atoms with Crippen molar-refractivity contribution in [3.8, 4) is 0 Å². The molecule has 0 fully saturated rings. The summed E-state index contributed by atoms with van der Waals surface area (Å²) in [6.45, 7) is 5.74. The number of nitrogens with one attached hydrogen (secondary N) is 2. The highest BCUT2D eigenvalue weighted by Crippen LogP contribution is 2.09. The Kier molecular flexibility index (Phi) is 6.39. The molecule has 2 amide bonds. The molecule has 0 aliphatic heterocycles. The lowest BCUT2D eigenvalue weighted by Gasteiger charge is -2.09. The molecule has 1 aromatic rings. The zero-order valence-electron chi connectivity index (χ0n) is 12.5. The van der Waals surface area contributed by atoms with Crippen molar-refractivity contribution >= 4 is 17.8 Å². The number of ether oxygens (including phenoxy) is 1. The molecule has 0 saturated heterocycles. The van der Waals surface area contributed by atoms with Gasteiger partial charge >= 0.3 is 5.97 Å². The molecule has 1 rings (SSSR count). The van der Waals surface area contributed by atoms with Crippen molar-refractivity contribution < 1.29 is 19.1 Å². The van der Waals surface area contributed by atoms with Crippen molar-refractivity contribution in [2.24, 2.45) is 0 Å². The molecule has 0 radical (unpaired) electrons. The Morgan fingerprint density at radius 1 is 1.10 bits per heavy atom. The maximum atomic E-state index is 11.9. The minimum absolute atomic E-state index is 0.0148. The second-order valence-corrected chi connectivity index (χ2v) is 4.63. The molecular weight excluding hydrogens is 272 g/mol. The molecule has 0 saturated carbocycles. The van der Waals surface area contributed by atoms with Crippen molar-refractivity contribution in [2.75, 3.05) is 6.61 Å². The molecule has 0 atom stereocenters. The zero-order chi connectivity index (χ0) is 15.8.